The molecule has 4 rings (SSSR count). The first-order chi connectivity index (χ1) is 18.9. The van der Waals surface area contributed by atoms with Gasteiger partial charge in [-0.2, -0.15) is 0 Å². The summed E-state index contributed by atoms with van der Waals surface area (Å²) in [5, 5.41) is 10.9. The highest BCUT2D eigenvalue weighted by Crippen LogP contribution is 2.32. The average Bonchev–Trinajstić information content (AvgIpc) is 3.18. The van der Waals surface area contributed by atoms with E-state index in [1.807, 2.05) is 0 Å². The van der Waals surface area contributed by atoms with Gasteiger partial charge in [-0.05, 0) is 55.7 Å². The van der Waals surface area contributed by atoms with Crippen LogP contribution < -0.4 is 21.3 Å². The number of carbonyl (C=O) groups excluding carboxylic acids is 6. The van der Waals surface area contributed by atoms with Gasteiger partial charge in [0.1, 0.15) is 6.04 Å². The summed E-state index contributed by atoms with van der Waals surface area (Å²) in [6, 6.07) is 10.7. The molecule has 11 nitrogen and oxygen atoms in total. The lowest BCUT2D eigenvalue weighted by atomic mass is 10.0. The second-order valence-corrected chi connectivity index (χ2v) is 9.47. The Morgan fingerprint density at radius 2 is 1.64 bits per heavy atom. The van der Waals surface area contributed by atoms with Gasteiger partial charge in [-0.25, -0.2) is 0 Å². The van der Waals surface area contributed by atoms with Crippen LogP contribution in [0.25, 0.3) is 0 Å². The lowest BCUT2D eigenvalue weighted by Gasteiger charge is -2.27. The fourth-order valence-electron chi connectivity index (χ4n) is 4.76. The lowest BCUT2D eigenvalue weighted by molar-refractivity contribution is -0.136. The number of hydrogen-bond acceptors (Lipinski definition) is 7. The molecule has 0 bridgehead atoms. The van der Waals surface area contributed by atoms with Crippen molar-refractivity contribution in [1.29, 1.82) is 0 Å². The molecule has 204 valence electrons. The molecule has 1 unspecified atom stereocenters. The number of anilines is 2. The molecule has 4 N–H and O–H groups in total. The molecule has 0 aliphatic carbocycles. The lowest BCUT2D eigenvalue weighted by Crippen LogP contribution is -2.54. The van der Waals surface area contributed by atoms with Crippen molar-refractivity contribution in [2.45, 2.75) is 51.0 Å². The standard InChI is InChI=1S/C28H31N5O6/c34-17-31-19-11-9-18(10-12-19)25(36)30-16-5-3-1-2-4-15-29-21-8-6-7-20-24(21)28(39)33(27(20)38)22-13-14-23(35)32-26(22)37/h6-12,17,22,29H,1-5,13-16H2,(H,30,36)(H,31,34)(H,32,35,37). The molecule has 1 saturated heterocycles. The fraction of sp³-hybridized carbons (Fsp3) is 0.357. The molecule has 6 amide bonds. The first-order valence-electron chi connectivity index (χ1n) is 13.1. The van der Waals surface area contributed by atoms with Crippen LogP contribution >= 0.6 is 0 Å². The summed E-state index contributed by atoms with van der Waals surface area (Å²) in [5.41, 5.74) is 2.23. The minimum atomic E-state index is -0.987. The van der Waals surface area contributed by atoms with Gasteiger partial charge in [0.25, 0.3) is 17.7 Å². The van der Waals surface area contributed by atoms with E-state index in [0.717, 1.165) is 37.0 Å². The Bertz CT molecular complexity index is 1280. The van der Waals surface area contributed by atoms with Gasteiger partial charge in [0, 0.05) is 36.4 Å². The van der Waals surface area contributed by atoms with Crippen molar-refractivity contribution in [2.75, 3.05) is 23.7 Å². The smallest absolute Gasteiger partial charge is 0.264 e. The van der Waals surface area contributed by atoms with Crippen LogP contribution in [0.4, 0.5) is 11.4 Å². The van der Waals surface area contributed by atoms with Gasteiger partial charge >= 0.3 is 0 Å². The van der Waals surface area contributed by atoms with Crippen LogP contribution in [-0.2, 0) is 14.4 Å². The van der Waals surface area contributed by atoms with Crippen LogP contribution in [0.15, 0.2) is 42.5 Å². The predicted molar refractivity (Wildman–Crippen MR) is 143 cm³/mol. The van der Waals surface area contributed by atoms with Crippen molar-refractivity contribution in [2.24, 2.45) is 0 Å². The summed E-state index contributed by atoms with van der Waals surface area (Å²) in [6.45, 7) is 1.18. The molecule has 2 aliphatic heterocycles. The van der Waals surface area contributed by atoms with Crippen LogP contribution in [0, 0.1) is 0 Å². The number of piperidine rings is 1. The predicted octanol–water partition coefficient (Wildman–Crippen LogP) is 2.45. The Hall–Kier alpha value is -4.54. The molecule has 2 aliphatic rings. The van der Waals surface area contributed by atoms with Crippen LogP contribution in [0.2, 0.25) is 0 Å². The summed E-state index contributed by atoms with van der Waals surface area (Å²) in [6.07, 6.45) is 5.39. The largest absolute Gasteiger partial charge is 0.384 e. The molecular weight excluding hydrogens is 502 g/mol. The van der Waals surface area contributed by atoms with Gasteiger partial charge in [0.2, 0.25) is 18.2 Å². The second-order valence-electron chi connectivity index (χ2n) is 9.47. The quantitative estimate of drug-likeness (QED) is 0.175. The van der Waals surface area contributed by atoms with E-state index in [1.54, 1.807) is 42.5 Å². The molecule has 11 heteroatoms. The molecular formula is C28H31N5O6. The van der Waals surface area contributed by atoms with E-state index in [4.69, 9.17) is 0 Å². The highest BCUT2D eigenvalue weighted by molar-refractivity contribution is 6.25. The molecule has 2 aromatic carbocycles. The van der Waals surface area contributed by atoms with Crippen LogP contribution in [-0.4, -0.2) is 60.0 Å². The number of nitrogens with zero attached hydrogens (tertiary/aromatic N) is 1. The maximum atomic E-state index is 13.1. The molecule has 0 aromatic heterocycles. The van der Waals surface area contributed by atoms with Crippen LogP contribution in [0.3, 0.4) is 0 Å². The average molecular weight is 534 g/mol. The third-order valence-electron chi connectivity index (χ3n) is 6.80. The van der Waals surface area contributed by atoms with Gasteiger partial charge in [-0.15, -0.1) is 0 Å². The third kappa shape index (κ3) is 6.49. The first kappa shape index (κ1) is 27.5. The van der Waals surface area contributed by atoms with Gasteiger partial charge < -0.3 is 16.0 Å². The van der Waals surface area contributed by atoms with E-state index in [-0.39, 0.29) is 29.9 Å². The molecule has 0 radical (unpaired) electrons. The van der Waals surface area contributed by atoms with Crippen molar-refractivity contribution >= 4 is 47.3 Å². The SMILES string of the molecule is O=CNc1ccc(C(=O)NCCCCCCCNc2cccc3c2C(=O)N(C2CCC(=O)NC2=O)C3=O)cc1. The van der Waals surface area contributed by atoms with Crippen molar-refractivity contribution in [3.05, 3.63) is 59.2 Å². The number of amides is 6. The number of nitrogens with one attached hydrogen (secondary N) is 4. The van der Waals surface area contributed by atoms with Crippen molar-refractivity contribution in [1.82, 2.24) is 15.5 Å². The number of unbranched alkanes of at least 4 members (excludes halogenated alkanes) is 4. The molecule has 0 spiro atoms. The van der Waals surface area contributed by atoms with Crippen LogP contribution in [0.5, 0.6) is 0 Å². The number of fused-ring (bicyclic) bond motifs is 1. The molecule has 39 heavy (non-hydrogen) atoms. The molecule has 1 atom stereocenters. The van der Waals surface area contributed by atoms with Gasteiger partial charge in [0.05, 0.1) is 11.1 Å². The van der Waals surface area contributed by atoms with Gasteiger partial charge in [0.15, 0.2) is 0 Å². The zero-order valence-corrected chi connectivity index (χ0v) is 21.5. The first-order valence-corrected chi connectivity index (χ1v) is 13.1. The molecule has 2 heterocycles. The van der Waals surface area contributed by atoms with Crippen molar-refractivity contribution in [3.8, 4) is 0 Å². The Morgan fingerprint density at radius 3 is 2.36 bits per heavy atom. The zero-order valence-electron chi connectivity index (χ0n) is 21.5. The number of carbonyl (C=O) groups is 6. The fourth-order valence-corrected chi connectivity index (χ4v) is 4.76. The number of imide groups is 2. The van der Waals surface area contributed by atoms with E-state index < -0.39 is 29.7 Å². The van der Waals surface area contributed by atoms with E-state index in [1.165, 1.54) is 0 Å². The van der Waals surface area contributed by atoms with E-state index in [2.05, 4.69) is 21.3 Å². The van der Waals surface area contributed by atoms with Crippen molar-refractivity contribution < 1.29 is 28.8 Å². The highest BCUT2D eigenvalue weighted by atomic mass is 16.2. The van der Waals surface area contributed by atoms with E-state index >= 15 is 0 Å². The summed E-state index contributed by atoms with van der Waals surface area (Å²) in [4.78, 5) is 73.4. The zero-order chi connectivity index (χ0) is 27.8. The monoisotopic (exact) mass is 533 g/mol. The minimum Gasteiger partial charge on any atom is -0.384 e. The molecule has 1 fully saturated rings. The summed E-state index contributed by atoms with van der Waals surface area (Å²) in [7, 11) is 0. The highest BCUT2D eigenvalue weighted by Gasteiger charge is 2.45. The van der Waals surface area contributed by atoms with E-state index in [0.29, 0.717) is 36.4 Å². The van der Waals surface area contributed by atoms with Crippen molar-refractivity contribution in [3.63, 3.8) is 0 Å². The number of rotatable bonds is 13. The summed E-state index contributed by atoms with van der Waals surface area (Å²) < 4.78 is 0. The Kier molecular flexibility index (Phi) is 9.03. The molecule has 0 saturated carbocycles. The maximum Gasteiger partial charge on any atom is 0.264 e. The number of benzene rings is 2. The Labute approximate surface area is 225 Å². The summed E-state index contributed by atoms with van der Waals surface area (Å²) in [5.74, 6) is -2.24. The second kappa shape index (κ2) is 12.8. The van der Waals surface area contributed by atoms with E-state index in [9.17, 15) is 28.8 Å². The van der Waals surface area contributed by atoms with Gasteiger partial charge in [-0.3, -0.25) is 39.0 Å². The van der Waals surface area contributed by atoms with Gasteiger partial charge in [-0.1, -0.05) is 25.3 Å². The topological polar surface area (TPSA) is 154 Å². The maximum absolute atomic E-state index is 13.1. The normalized spacial score (nSPS) is 16.5. The Balaban J connectivity index is 1.16. The summed E-state index contributed by atoms with van der Waals surface area (Å²) >= 11 is 0. The third-order valence-corrected chi connectivity index (χ3v) is 6.80. The van der Waals surface area contributed by atoms with Crippen LogP contribution in [0.1, 0.15) is 76.0 Å². The molecule has 2 aromatic rings. The minimum absolute atomic E-state index is 0.0798. The Morgan fingerprint density at radius 1 is 0.923 bits per heavy atom. The number of hydrogen-bond donors (Lipinski definition) is 4.